The van der Waals surface area contributed by atoms with Crippen molar-refractivity contribution in [3.05, 3.63) is 0 Å². The summed E-state index contributed by atoms with van der Waals surface area (Å²) in [4.78, 5) is 0. The summed E-state index contributed by atoms with van der Waals surface area (Å²) >= 11 is 0. The number of hydrogen-bond donors (Lipinski definition) is 1. The summed E-state index contributed by atoms with van der Waals surface area (Å²) in [6, 6.07) is 0. The molecule has 1 N–H and O–H groups in total. The molecule has 0 aliphatic carbocycles. The Morgan fingerprint density at radius 1 is 1.62 bits per heavy atom. The molecule has 0 radical (unpaired) electrons. The van der Waals surface area contributed by atoms with Crippen LogP contribution in [0.15, 0.2) is 0 Å². The second-order valence-corrected chi connectivity index (χ2v) is 1.88. The summed E-state index contributed by atoms with van der Waals surface area (Å²) in [6.07, 6.45) is 4.60. The third-order valence-electron chi connectivity index (χ3n) is 1.26. The van der Waals surface area contributed by atoms with Gasteiger partial charge in [0, 0.05) is 0 Å². The quantitative estimate of drug-likeness (QED) is 0.433. The maximum atomic E-state index is 8.92. The van der Waals surface area contributed by atoms with Crippen molar-refractivity contribution in [2.45, 2.75) is 6.10 Å². The van der Waals surface area contributed by atoms with Crippen molar-refractivity contribution in [2.75, 3.05) is 13.2 Å². The molecule has 0 aromatic rings. The molecule has 1 aliphatic heterocycles. The highest BCUT2D eigenvalue weighted by atomic mass is 16.5. The second kappa shape index (κ2) is 2.17. The molecule has 2 heteroatoms. The van der Waals surface area contributed by atoms with Crippen LogP contribution in [0.25, 0.3) is 0 Å². The molecule has 44 valence electrons. The summed E-state index contributed by atoms with van der Waals surface area (Å²) in [6.45, 7) is 0.909. The van der Waals surface area contributed by atoms with Crippen LogP contribution in [0.3, 0.4) is 0 Å². The van der Waals surface area contributed by atoms with Crippen molar-refractivity contribution in [2.24, 2.45) is 5.92 Å². The van der Waals surface area contributed by atoms with Crippen LogP contribution < -0.4 is 0 Å². The van der Waals surface area contributed by atoms with Crippen LogP contribution in [0.5, 0.6) is 0 Å². The van der Waals surface area contributed by atoms with Gasteiger partial charge in [-0.2, -0.15) is 0 Å². The van der Waals surface area contributed by atoms with Gasteiger partial charge in [-0.25, -0.2) is 0 Å². The fourth-order valence-corrected chi connectivity index (χ4v) is 0.702. The summed E-state index contributed by atoms with van der Waals surface area (Å²) in [5.74, 6) is 2.36. The summed E-state index contributed by atoms with van der Waals surface area (Å²) in [5, 5.41) is 8.92. The van der Waals surface area contributed by atoms with Crippen molar-refractivity contribution in [1.29, 1.82) is 0 Å². The molecule has 1 aliphatic rings. The summed E-state index contributed by atoms with van der Waals surface area (Å²) < 4.78 is 4.87. The van der Waals surface area contributed by atoms with Gasteiger partial charge in [0.25, 0.3) is 0 Å². The maximum absolute atomic E-state index is 8.92. The van der Waals surface area contributed by atoms with Gasteiger partial charge in [0.15, 0.2) is 0 Å². The Hall–Kier alpha value is -0.520. The maximum Gasteiger partial charge on any atom is 0.0933 e. The molecule has 8 heavy (non-hydrogen) atoms. The Bertz CT molecular complexity index is 114. The summed E-state index contributed by atoms with van der Waals surface area (Å²) in [5.41, 5.74) is 0. The van der Waals surface area contributed by atoms with E-state index in [0.29, 0.717) is 13.2 Å². The average molecular weight is 112 g/mol. The number of rotatable bonds is 0. The molecule has 1 heterocycles. The lowest BCUT2D eigenvalue weighted by Gasteiger charge is -2.00. The second-order valence-electron chi connectivity index (χ2n) is 1.88. The van der Waals surface area contributed by atoms with Crippen molar-refractivity contribution >= 4 is 0 Å². The lowest BCUT2D eigenvalue weighted by atomic mass is 10.1. The molecule has 0 aromatic heterocycles. The Labute approximate surface area is 48.5 Å². The van der Waals surface area contributed by atoms with Gasteiger partial charge in [0.1, 0.15) is 0 Å². The van der Waals surface area contributed by atoms with E-state index in [-0.39, 0.29) is 5.92 Å². The lowest BCUT2D eigenvalue weighted by Crippen LogP contribution is -2.15. The minimum absolute atomic E-state index is 0.0741. The molecule has 0 bridgehead atoms. The van der Waals surface area contributed by atoms with Crippen LogP contribution in [0.1, 0.15) is 0 Å². The fourth-order valence-electron chi connectivity index (χ4n) is 0.702. The fraction of sp³-hybridized carbons (Fsp3) is 0.667. The van der Waals surface area contributed by atoms with Crippen LogP contribution >= 0.6 is 0 Å². The molecule has 1 rings (SSSR count). The minimum atomic E-state index is -0.431. The third kappa shape index (κ3) is 0.835. The van der Waals surface area contributed by atoms with E-state index < -0.39 is 6.10 Å². The van der Waals surface area contributed by atoms with Crippen molar-refractivity contribution in [3.8, 4) is 12.3 Å². The smallest absolute Gasteiger partial charge is 0.0933 e. The van der Waals surface area contributed by atoms with Crippen LogP contribution in [-0.2, 0) is 4.74 Å². The zero-order valence-corrected chi connectivity index (χ0v) is 4.50. The molecule has 1 saturated heterocycles. The van der Waals surface area contributed by atoms with E-state index in [2.05, 4.69) is 5.92 Å². The third-order valence-corrected chi connectivity index (χ3v) is 1.26. The van der Waals surface area contributed by atoms with Crippen LogP contribution in [0, 0.1) is 18.3 Å². The van der Waals surface area contributed by atoms with Crippen molar-refractivity contribution in [1.82, 2.24) is 0 Å². The van der Waals surface area contributed by atoms with Gasteiger partial charge in [-0.3, -0.25) is 0 Å². The van der Waals surface area contributed by atoms with E-state index in [1.165, 1.54) is 0 Å². The highest BCUT2D eigenvalue weighted by molar-refractivity contribution is 4.98. The molecule has 0 saturated carbocycles. The normalized spacial score (nSPS) is 37.0. The minimum Gasteiger partial charge on any atom is -0.389 e. The molecular weight excluding hydrogens is 104 g/mol. The van der Waals surface area contributed by atoms with Gasteiger partial charge >= 0.3 is 0 Å². The molecule has 1 fully saturated rings. The number of aliphatic hydroxyl groups excluding tert-OH is 1. The zero-order valence-electron chi connectivity index (χ0n) is 4.50. The Balaban J connectivity index is 2.45. The highest BCUT2D eigenvalue weighted by Crippen LogP contribution is 2.10. The average Bonchev–Trinajstić information content (AvgIpc) is 2.14. The first-order valence-electron chi connectivity index (χ1n) is 2.56. The Morgan fingerprint density at radius 3 is 2.62 bits per heavy atom. The van der Waals surface area contributed by atoms with E-state index >= 15 is 0 Å². The van der Waals surface area contributed by atoms with Gasteiger partial charge in [-0.05, 0) is 0 Å². The topological polar surface area (TPSA) is 29.5 Å². The Morgan fingerprint density at radius 2 is 2.38 bits per heavy atom. The van der Waals surface area contributed by atoms with E-state index in [1.54, 1.807) is 0 Å². The van der Waals surface area contributed by atoms with Crippen molar-refractivity contribution < 1.29 is 9.84 Å². The first kappa shape index (κ1) is 5.61. The zero-order chi connectivity index (χ0) is 5.98. The molecule has 0 amide bonds. The van der Waals surface area contributed by atoms with E-state index in [0.717, 1.165) is 0 Å². The van der Waals surface area contributed by atoms with Crippen LogP contribution in [0.4, 0.5) is 0 Å². The highest BCUT2D eigenvalue weighted by Gasteiger charge is 2.23. The number of aliphatic hydroxyl groups is 1. The predicted molar refractivity (Wildman–Crippen MR) is 29.1 cm³/mol. The monoisotopic (exact) mass is 112 g/mol. The number of ether oxygens (including phenoxy) is 1. The van der Waals surface area contributed by atoms with E-state index in [9.17, 15) is 0 Å². The SMILES string of the molecule is C#C[C@@H]1COC[C@H]1O. The molecule has 2 atom stereocenters. The largest absolute Gasteiger partial charge is 0.389 e. The summed E-state index contributed by atoms with van der Waals surface area (Å²) in [7, 11) is 0. The number of terminal acetylenes is 1. The molecule has 0 aromatic carbocycles. The van der Waals surface area contributed by atoms with Crippen molar-refractivity contribution in [3.63, 3.8) is 0 Å². The molecule has 0 unspecified atom stereocenters. The van der Waals surface area contributed by atoms with Gasteiger partial charge in [0.05, 0.1) is 25.2 Å². The van der Waals surface area contributed by atoms with Crippen LogP contribution in [-0.4, -0.2) is 24.4 Å². The van der Waals surface area contributed by atoms with E-state index in [1.807, 2.05) is 0 Å². The standard InChI is InChI=1S/C6H8O2/c1-2-5-3-8-4-6(5)7/h1,5-7H,3-4H2/t5-,6-/m1/s1. The van der Waals surface area contributed by atoms with Gasteiger partial charge in [-0.1, -0.05) is 5.92 Å². The molecule has 0 spiro atoms. The number of hydrogen-bond acceptors (Lipinski definition) is 2. The van der Waals surface area contributed by atoms with E-state index in [4.69, 9.17) is 16.3 Å². The van der Waals surface area contributed by atoms with Gasteiger partial charge < -0.3 is 9.84 Å². The predicted octanol–water partition coefficient (Wildman–Crippen LogP) is -0.373. The van der Waals surface area contributed by atoms with Gasteiger partial charge in [0.2, 0.25) is 0 Å². The molecular formula is C6H8O2. The van der Waals surface area contributed by atoms with Crippen LogP contribution in [0.2, 0.25) is 0 Å². The first-order chi connectivity index (χ1) is 3.84. The Kier molecular flexibility index (Phi) is 1.52. The first-order valence-corrected chi connectivity index (χ1v) is 2.56. The van der Waals surface area contributed by atoms with Gasteiger partial charge in [-0.15, -0.1) is 6.42 Å². The lowest BCUT2D eigenvalue weighted by molar-refractivity contribution is 0.123. The molecule has 2 nitrogen and oxygen atoms in total.